The molecule has 3 atom stereocenters. The molecule has 0 aromatic carbocycles. The van der Waals surface area contributed by atoms with Crippen molar-refractivity contribution >= 4 is 5.91 Å². The summed E-state index contributed by atoms with van der Waals surface area (Å²) in [6.45, 7) is 2.97. The summed E-state index contributed by atoms with van der Waals surface area (Å²) in [5.74, 6) is -0.110. The number of carbonyl (C=O) groups excluding carboxylic acids is 1. The van der Waals surface area contributed by atoms with E-state index in [4.69, 9.17) is 4.74 Å². The predicted octanol–water partition coefficient (Wildman–Crippen LogP) is 2.35. The van der Waals surface area contributed by atoms with Gasteiger partial charge in [-0.25, -0.2) is 0 Å². The average Bonchev–Trinajstić information content (AvgIpc) is 2.94. The van der Waals surface area contributed by atoms with Gasteiger partial charge in [0.1, 0.15) is 5.69 Å². The van der Waals surface area contributed by atoms with Gasteiger partial charge in [-0.2, -0.15) is 13.2 Å². The Labute approximate surface area is 119 Å². The van der Waals surface area contributed by atoms with E-state index in [1.54, 1.807) is 4.90 Å². The molecule has 3 rings (SSSR count). The van der Waals surface area contributed by atoms with Crippen LogP contribution in [-0.4, -0.2) is 41.1 Å². The summed E-state index contributed by atoms with van der Waals surface area (Å²) in [5, 5.41) is 0. The van der Waals surface area contributed by atoms with Gasteiger partial charge in [0.2, 0.25) is 0 Å². The maximum Gasteiger partial charge on any atom is 0.433 e. The number of amides is 1. The summed E-state index contributed by atoms with van der Waals surface area (Å²) in [5.41, 5.74) is -1.03. The largest absolute Gasteiger partial charge is 0.433 e. The highest BCUT2D eigenvalue weighted by Crippen LogP contribution is 2.34. The number of hydrogen-bond acceptors (Lipinski definition) is 3. The van der Waals surface area contributed by atoms with Gasteiger partial charge in [0.15, 0.2) is 0 Å². The Morgan fingerprint density at radius 1 is 1.43 bits per heavy atom. The molecule has 2 saturated heterocycles. The van der Waals surface area contributed by atoms with Crippen LogP contribution >= 0.6 is 0 Å². The minimum Gasteiger partial charge on any atom is -0.373 e. The van der Waals surface area contributed by atoms with Crippen LogP contribution < -0.4 is 0 Å². The molecule has 1 aromatic heterocycles. The number of hydrogen-bond donors (Lipinski definition) is 0. The quantitative estimate of drug-likeness (QED) is 0.799. The third-order valence-corrected chi connectivity index (χ3v) is 4.01. The number of halogens is 3. The summed E-state index contributed by atoms with van der Waals surface area (Å²) in [6.07, 6.45) is -2.44. The first kappa shape index (κ1) is 14.3. The molecular formula is C14H15F3N2O2. The van der Waals surface area contributed by atoms with Crippen molar-refractivity contribution in [2.24, 2.45) is 5.92 Å². The van der Waals surface area contributed by atoms with Gasteiger partial charge >= 0.3 is 6.18 Å². The number of nitrogens with zero attached hydrogens (tertiary/aromatic N) is 2. The second kappa shape index (κ2) is 4.98. The fourth-order valence-corrected chi connectivity index (χ4v) is 3.07. The van der Waals surface area contributed by atoms with E-state index in [1.807, 2.05) is 6.92 Å². The highest BCUT2D eigenvalue weighted by atomic mass is 19.4. The summed E-state index contributed by atoms with van der Waals surface area (Å²) in [6, 6.07) is 2.12. The molecule has 1 aromatic rings. The molecule has 2 aliphatic heterocycles. The second-order valence-electron chi connectivity index (χ2n) is 5.62. The maximum atomic E-state index is 12.6. The third-order valence-electron chi connectivity index (χ3n) is 4.01. The van der Waals surface area contributed by atoms with Gasteiger partial charge in [-0.15, -0.1) is 0 Å². The van der Waals surface area contributed by atoms with Gasteiger partial charge in [-0.05, 0) is 25.5 Å². The van der Waals surface area contributed by atoms with E-state index in [0.717, 1.165) is 18.7 Å². The van der Waals surface area contributed by atoms with Crippen LogP contribution in [0.4, 0.5) is 13.2 Å². The normalized spacial score (nSPS) is 28.8. The lowest BCUT2D eigenvalue weighted by Gasteiger charge is -2.18. The van der Waals surface area contributed by atoms with Gasteiger partial charge in [0.05, 0.1) is 12.2 Å². The minimum atomic E-state index is -4.55. The van der Waals surface area contributed by atoms with Gasteiger partial charge in [-0.1, -0.05) is 0 Å². The highest BCUT2D eigenvalue weighted by Gasteiger charge is 2.42. The van der Waals surface area contributed by atoms with E-state index in [0.29, 0.717) is 13.1 Å². The Morgan fingerprint density at radius 3 is 2.86 bits per heavy atom. The van der Waals surface area contributed by atoms with E-state index in [2.05, 4.69) is 4.98 Å². The molecule has 0 N–H and O–H groups in total. The van der Waals surface area contributed by atoms with E-state index in [1.165, 1.54) is 6.07 Å². The number of carbonyl (C=O) groups is 1. The lowest BCUT2D eigenvalue weighted by molar-refractivity contribution is -0.141. The van der Waals surface area contributed by atoms with E-state index >= 15 is 0 Å². The molecule has 0 aliphatic carbocycles. The zero-order chi connectivity index (χ0) is 15.2. The molecule has 0 saturated carbocycles. The molecule has 7 heteroatoms. The number of aromatic nitrogens is 1. The van der Waals surface area contributed by atoms with Crippen molar-refractivity contribution in [2.45, 2.75) is 31.7 Å². The lowest BCUT2D eigenvalue weighted by Crippen LogP contribution is -2.31. The number of rotatable bonds is 1. The van der Waals surface area contributed by atoms with E-state index < -0.39 is 17.8 Å². The van der Waals surface area contributed by atoms with Crippen LogP contribution in [0.15, 0.2) is 18.3 Å². The Kier molecular flexibility index (Phi) is 3.39. The monoisotopic (exact) mass is 300 g/mol. The SMILES string of the molecule is C[C@H]1C[C@@H]2CN(C(=O)c3ccnc(C(F)(F)F)c3)C[C@@H]2O1. The van der Waals surface area contributed by atoms with Crippen molar-refractivity contribution < 1.29 is 22.7 Å². The first-order chi connectivity index (χ1) is 9.84. The smallest absolute Gasteiger partial charge is 0.373 e. The third kappa shape index (κ3) is 2.74. The fourth-order valence-electron chi connectivity index (χ4n) is 3.07. The van der Waals surface area contributed by atoms with E-state index in [9.17, 15) is 18.0 Å². The molecule has 21 heavy (non-hydrogen) atoms. The second-order valence-corrected chi connectivity index (χ2v) is 5.62. The van der Waals surface area contributed by atoms with Crippen LogP contribution in [0.3, 0.4) is 0 Å². The molecule has 3 heterocycles. The van der Waals surface area contributed by atoms with Gasteiger partial charge in [0, 0.05) is 30.8 Å². The predicted molar refractivity (Wildman–Crippen MR) is 67.6 cm³/mol. The molecule has 2 aliphatic rings. The van der Waals surface area contributed by atoms with Gasteiger partial charge in [0.25, 0.3) is 5.91 Å². The van der Waals surface area contributed by atoms with Gasteiger partial charge in [-0.3, -0.25) is 9.78 Å². The average molecular weight is 300 g/mol. The van der Waals surface area contributed by atoms with Crippen LogP contribution in [0.5, 0.6) is 0 Å². The van der Waals surface area contributed by atoms with Gasteiger partial charge < -0.3 is 9.64 Å². The van der Waals surface area contributed by atoms with E-state index in [-0.39, 0.29) is 23.7 Å². The number of fused-ring (bicyclic) bond motifs is 1. The molecule has 0 bridgehead atoms. The number of pyridine rings is 1. The molecule has 0 radical (unpaired) electrons. The van der Waals surface area contributed by atoms with Crippen LogP contribution in [-0.2, 0) is 10.9 Å². The van der Waals surface area contributed by atoms with Crippen LogP contribution in [0.1, 0.15) is 29.4 Å². The van der Waals surface area contributed by atoms with Crippen molar-refractivity contribution in [1.29, 1.82) is 0 Å². The molecule has 0 spiro atoms. The molecule has 2 fully saturated rings. The summed E-state index contributed by atoms with van der Waals surface area (Å²) in [7, 11) is 0. The summed E-state index contributed by atoms with van der Waals surface area (Å²) >= 11 is 0. The maximum absolute atomic E-state index is 12.6. The summed E-state index contributed by atoms with van der Waals surface area (Å²) in [4.78, 5) is 17.1. The minimum absolute atomic E-state index is 0.00729. The number of ether oxygens (including phenoxy) is 1. The molecule has 1 amide bonds. The zero-order valence-electron chi connectivity index (χ0n) is 11.4. The van der Waals surface area contributed by atoms with Crippen molar-refractivity contribution in [1.82, 2.24) is 9.88 Å². The number of likely N-dealkylation sites (tertiary alicyclic amines) is 1. The molecule has 4 nitrogen and oxygen atoms in total. The van der Waals surface area contributed by atoms with Crippen molar-refractivity contribution in [2.75, 3.05) is 13.1 Å². The Morgan fingerprint density at radius 2 is 2.19 bits per heavy atom. The topological polar surface area (TPSA) is 42.4 Å². The molecule has 114 valence electrons. The number of alkyl halides is 3. The Balaban J connectivity index is 1.75. The van der Waals surface area contributed by atoms with Crippen LogP contribution in [0.2, 0.25) is 0 Å². The molecule has 0 unspecified atom stereocenters. The van der Waals surface area contributed by atoms with Crippen molar-refractivity contribution in [3.63, 3.8) is 0 Å². The van der Waals surface area contributed by atoms with Crippen molar-refractivity contribution in [3.8, 4) is 0 Å². The standard InChI is InChI=1S/C14H15F3N2O2/c1-8-4-10-6-19(7-11(10)21-8)13(20)9-2-3-18-12(5-9)14(15,16)17/h2-3,5,8,10-11H,4,6-7H2,1H3/t8-,10+,11-/m0/s1. The van der Waals surface area contributed by atoms with Crippen LogP contribution in [0, 0.1) is 5.92 Å². The highest BCUT2D eigenvalue weighted by molar-refractivity contribution is 5.94. The molecular weight excluding hydrogens is 285 g/mol. The first-order valence-corrected chi connectivity index (χ1v) is 6.82. The van der Waals surface area contributed by atoms with Crippen molar-refractivity contribution in [3.05, 3.63) is 29.6 Å². The first-order valence-electron chi connectivity index (χ1n) is 6.82. The Hall–Kier alpha value is -1.63. The lowest BCUT2D eigenvalue weighted by atomic mass is 10.0. The van der Waals surface area contributed by atoms with Crippen LogP contribution in [0.25, 0.3) is 0 Å². The summed E-state index contributed by atoms with van der Waals surface area (Å²) < 4.78 is 43.6. The fraction of sp³-hybridized carbons (Fsp3) is 0.571. The zero-order valence-corrected chi connectivity index (χ0v) is 11.4. The Bertz CT molecular complexity index is 547.